The number of benzene rings is 1. The number of rotatable bonds is 6. The van der Waals surface area contributed by atoms with Gasteiger partial charge in [0.25, 0.3) is 5.91 Å². The summed E-state index contributed by atoms with van der Waals surface area (Å²) in [4.78, 5) is 17.0. The molecule has 28 heavy (non-hydrogen) atoms. The van der Waals surface area contributed by atoms with Crippen molar-refractivity contribution in [1.29, 1.82) is 0 Å². The normalized spacial score (nSPS) is 10.9. The van der Waals surface area contributed by atoms with Crippen molar-refractivity contribution in [2.45, 2.75) is 13.1 Å². The van der Waals surface area contributed by atoms with Crippen LogP contribution in [-0.4, -0.2) is 22.6 Å². The number of ether oxygens (including phenoxy) is 1. The summed E-state index contributed by atoms with van der Waals surface area (Å²) in [5.41, 5.74) is 3.69. The Morgan fingerprint density at radius 3 is 2.89 bits per heavy atom. The highest BCUT2D eigenvalue weighted by Crippen LogP contribution is 2.34. The molecule has 1 aromatic carbocycles. The van der Waals surface area contributed by atoms with Gasteiger partial charge in [-0.25, -0.2) is 0 Å². The number of aromatic nitrogens is 2. The van der Waals surface area contributed by atoms with Crippen molar-refractivity contribution in [3.63, 3.8) is 0 Å². The van der Waals surface area contributed by atoms with Crippen LogP contribution in [0.4, 0.5) is 0 Å². The largest absolute Gasteiger partial charge is 0.497 e. The van der Waals surface area contributed by atoms with Crippen molar-refractivity contribution in [3.05, 3.63) is 81.5 Å². The summed E-state index contributed by atoms with van der Waals surface area (Å²) in [5, 5.41) is 5.04. The molecule has 4 rings (SSSR count). The summed E-state index contributed by atoms with van der Waals surface area (Å²) in [6, 6.07) is 13.6. The number of nitrogens with zero attached hydrogens (tertiary/aromatic N) is 2. The van der Waals surface area contributed by atoms with Gasteiger partial charge in [0.1, 0.15) is 11.4 Å². The monoisotopic (exact) mass is 455 g/mol. The van der Waals surface area contributed by atoms with Crippen LogP contribution < -0.4 is 10.1 Å². The molecule has 142 valence electrons. The van der Waals surface area contributed by atoms with E-state index in [0.717, 1.165) is 31.6 Å². The Balaban J connectivity index is 1.66. The van der Waals surface area contributed by atoms with Crippen molar-refractivity contribution in [3.8, 4) is 5.75 Å². The molecule has 3 heterocycles. The minimum absolute atomic E-state index is 0.109. The second kappa shape index (κ2) is 8.16. The van der Waals surface area contributed by atoms with Crippen molar-refractivity contribution < 1.29 is 9.53 Å². The van der Waals surface area contributed by atoms with E-state index in [0.29, 0.717) is 18.8 Å². The Kier molecular flexibility index (Phi) is 5.45. The number of methoxy groups -OCH3 is 1. The van der Waals surface area contributed by atoms with E-state index < -0.39 is 0 Å². The zero-order valence-corrected chi connectivity index (χ0v) is 17.6. The predicted octanol–water partition coefficient (Wildman–Crippen LogP) is 4.85. The maximum Gasteiger partial charge on any atom is 0.268 e. The average Bonchev–Trinajstić information content (AvgIpc) is 3.27. The van der Waals surface area contributed by atoms with E-state index in [2.05, 4.69) is 26.2 Å². The zero-order valence-electron chi connectivity index (χ0n) is 15.2. The number of thiophene rings is 1. The molecule has 0 saturated carbocycles. The molecule has 0 radical (unpaired) electrons. The van der Waals surface area contributed by atoms with E-state index in [-0.39, 0.29) is 5.91 Å². The first-order chi connectivity index (χ1) is 13.7. The second-order valence-corrected chi connectivity index (χ2v) is 8.07. The molecule has 0 bridgehead atoms. The summed E-state index contributed by atoms with van der Waals surface area (Å²) in [5.74, 6) is 0.690. The molecule has 0 fully saturated rings. The lowest BCUT2D eigenvalue weighted by molar-refractivity contribution is 0.0942. The fourth-order valence-electron chi connectivity index (χ4n) is 3.11. The molecule has 0 spiro atoms. The lowest BCUT2D eigenvalue weighted by Gasteiger charge is -2.12. The number of hydrogen-bond acceptors (Lipinski definition) is 4. The highest BCUT2D eigenvalue weighted by molar-refractivity contribution is 9.10. The lowest BCUT2D eigenvalue weighted by atomic mass is 10.2. The summed E-state index contributed by atoms with van der Waals surface area (Å²) < 4.78 is 9.44. The number of pyridine rings is 1. The van der Waals surface area contributed by atoms with Gasteiger partial charge in [0, 0.05) is 30.9 Å². The van der Waals surface area contributed by atoms with Gasteiger partial charge in [-0.05, 0) is 51.3 Å². The Morgan fingerprint density at radius 1 is 1.25 bits per heavy atom. The van der Waals surface area contributed by atoms with Crippen molar-refractivity contribution in [2.24, 2.45) is 0 Å². The van der Waals surface area contributed by atoms with Gasteiger partial charge in [0.05, 0.1) is 21.8 Å². The zero-order chi connectivity index (χ0) is 19.5. The van der Waals surface area contributed by atoms with Crippen LogP contribution in [-0.2, 0) is 13.1 Å². The molecule has 1 N–H and O–H groups in total. The Labute approximate surface area is 175 Å². The molecule has 7 heteroatoms. The van der Waals surface area contributed by atoms with Crippen molar-refractivity contribution in [1.82, 2.24) is 14.9 Å². The van der Waals surface area contributed by atoms with Gasteiger partial charge in [-0.2, -0.15) is 0 Å². The number of nitrogens with one attached hydrogen (secondary N) is 1. The Hall–Kier alpha value is -2.64. The SMILES string of the molecule is COc1cccc(Cn2c(C(=O)NCc3cccnc3)cc3scc(Br)c32)c1. The molecule has 3 aromatic heterocycles. The molecule has 0 atom stereocenters. The van der Waals surface area contributed by atoms with Crippen molar-refractivity contribution in [2.75, 3.05) is 7.11 Å². The average molecular weight is 456 g/mol. The molecule has 0 unspecified atom stereocenters. The van der Waals surface area contributed by atoms with Gasteiger partial charge in [-0.3, -0.25) is 9.78 Å². The Morgan fingerprint density at radius 2 is 2.11 bits per heavy atom. The topological polar surface area (TPSA) is 56.1 Å². The summed E-state index contributed by atoms with van der Waals surface area (Å²) in [6.45, 7) is 1.01. The van der Waals surface area contributed by atoms with E-state index in [1.54, 1.807) is 30.8 Å². The highest BCUT2D eigenvalue weighted by atomic mass is 79.9. The molecule has 5 nitrogen and oxygen atoms in total. The van der Waals surface area contributed by atoms with Crippen LogP contribution in [0.5, 0.6) is 5.75 Å². The number of halogens is 1. The smallest absolute Gasteiger partial charge is 0.268 e. The summed E-state index contributed by atoms with van der Waals surface area (Å²) in [6.07, 6.45) is 3.47. The lowest BCUT2D eigenvalue weighted by Crippen LogP contribution is -2.25. The minimum atomic E-state index is -0.109. The maximum absolute atomic E-state index is 12.9. The van der Waals surface area contributed by atoms with Crippen LogP contribution in [0.2, 0.25) is 0 Å². The molecule has 1 amide bonds. The minimum Gasteiger partial charge on any atom is -0.497 e. The Bertz CT molecular complexity index is 1120. The molecule has 4 aromatic rings. The van der Waals surface area contributed by atoms with E-state index in [4.69, 9.17) is 4.74 Å². The summed E-state index contributed by atoms with van der Waals surface area (Å²) in [7, 11) is 1.65. The van der Waals surface area contributed by atoms with Gasteiger partial charge in [-0.15, -0.1) is 11.3 Å². The van der Waals surface area contributed by atoms with Gasteiger partial charge in [0.2, 0.25) is 0 Å². The van der Waals surface area contributed by atoms with Gasteiger partial charge in [0.15, 0.2) is 0 Å². The van der Waals surface area contributed by atoms with E-state index in [1.807, 2.05) is 52.4 Å². The summed E-state index contributed by atoms with van der Waals surface area (Å²) >= 11 is 5.24. The van der Waals surface area contributed by atoms with E-state index >= 15 is 0 Å². The number of amides is 1. The number of carbonyl (C=O) groups is 1. The maximum atomic E-state index is 12.9. The quantitative estimate of drug-likeness (QED) is 0.452. The van der Waals surface area contributed by atoms with Gasteiger partial charge < -0.3 is 14.6 Å². The molecular weight excluding hydrogens is 438 g/mol. The third kappa shape index (κ3) is 3.81. The molecular formula is C21H18BrN3O2S. The number of fused-ring (bicyclic) bond motifs is 1. The molecule has 0 aliphatic heterocycles. The molecule has 0 aliphatic carbocycles. The first-order valence-electron chi connectivity index (χ1n) is 8.72. The second-order valence-electron chi connectivity index (χ2n) is 6.31. The van der Waals surface area contributed by atoms with Gasteiger partial charge in [-0.1, -0.05) is 18.2 Å². The third-order valence-electron chi connectivity index (χ3n) is 4.46. The van der Waals surface area contributed by atoms with Crippen molar-refractivity contribution >= 4 is 43.4 Å². The highest BCUT2D eigenvalue weighted by Gasteiger charge is 2.19. The van der Waals surface area contributed by atoms with Crippen LogP contribution in [0.15, 0.2) is 64.7 Å². The molecule has 0 aliphatic rings. The molecule has 0 saturated heterocycles. The standard InChI is InChI=1S/C21H18BrN3O2S/c1-27-16-6-2-4-14(8-16)12-25-18(9-19-20(25)17(22)13-28-19)21(26)24-11-15-5-3-7-23-10-15/h2-10,13H,11-12H2,1H3,(H,24,26). The van der Waals surface area contributed by atoms with E-state index in [1.165, 1.54) is 0 Å². The van der Waals surface area contributed by atoms with Crippen LogP contribution in [0.3, 0.4) is 0 Å². The fraction of sp³-hybridized carbons (Fsp3) is 0.143. The first kappa shape index (κ1) is 18.7. The fourth-order valence-corrected chi connectivity index (χ4v) is 4.81. The van der Waals surface area contributed by atoms with Crippen LogP contribution >= 0.6 is 27.3 Å². The first-order valence-corrected chi connectivity index (χ1v) is 10.4. The number of carbonyl (C=O) groups excluding carboxylic acids is 1. The number of hydrogen-bond donors (Lipinski definition) is 1. The van der Waals surface area contributed by atoms with E-state index in [9.17, 15) is 4.79 Å². The van der Waals surface area contributed by atoms with Crippen LogP contribution in [0.1, 0.15) is 21.6 Å². The third-order valence-corrected chi connectivity index (χ3v) is 6.29. The van der Waals surface area contributed by atoms with Crippen LogP contribution in [0.25, 0.3) is 10.2 Å². The predicted molar refractivity (Wildman–Crippen MR) is 115 cm³/mol. The van der Waals surface area contributed by atoms with Gasteiger partial charge >= 0.3 is 0 Å². The van der Waals surface area contributed by atoms with Crippen LogP contribution in [0, 0.1) is 0 Å².